The van der Waals surface area contributed by atoms with Gasteiger partial charge in [-0.05, 0) is 42.0 Å². The van der Waals surface area contributed by atoms with E-state index in [4.69, 9.17) is 5.73 Å². The van der Waals surface area contributed by atoms with Gasteiger partial charge >= 0.3 is 0 Å². The molecule has 2 atom stereocenters. The Morgan fingerprint density at radius 2 is 1.48 bits per heavy atom. The van der Waals surface area contributed by atoms with Crippen LogP contribution in [0, 0.1) is 11.6 Å². The van der Waals surface area contributed by atoms with Crippen LogP contribution in [-0.4, -0.2) is 0 Å². The highest BCUT2D eigenvalue weighted by atomic mass is 19.1. The quantitative estimate of drug-likeness (QED) is 0.846. The van der Waals surface area contributed by atoms with Gasteiger partial charge in [-0.2, -0.15) is 0 Å². The Hall–Kier alpha value is -1.74. The molecule has 0 fully saturated rings. The van der Waals surface area contributed by atoms with E-state index in [-0.39, 0.29) is 12.0 Å². The first-order valence-electron chi connectivity index (χ1n) is 7.31. The highest BCUT2D eigenvalue weighted by Crippen LogP contribution is 2.23. The van der Waals surface area contributed by atoms with Crippen molar-refractivity contribution in [2.45, 2.75) is 38.6 Å². The molecule has 112 valence electrons. The van der Waals surface area contributed by atoms with Crippen molar-refractivity contribution >= 4 is 0 Å². The third-order valence-electron chi connectivity index (χ3n) is 4.03. The zero-order valence-corrected chi connectivity index (χ0v) is 12.4. The lowest BCUT2D eigenvalue weighted by Crippen LogP contribution is -2.15. The molecule has 2 unspecified atom stereocenters. The highest BCUT2D eigenvalue weighted by molar-refractivity contribution is 5.29. The number of hydrogen-bond donors (Lipinski definition) is 1. The minimum absolute atomic E-state index is 0.0519. The second-order valence-electron chi connectivity index (χ2n) is 5.49. The molecule has 0 heterocycles. The molecule has 2 N–H and O–H groups in total. The monoisotopic (exact) mass is 289 g/mol. The van der Waals surface area contributed by atoms with Gasteiger partial charge in [0.25, 0.3) is 0 Å². The highest BCUT2D eigenvalue weighted by Gasteiger charge is 2.14. The average Bonchev–Trinajstić information content (AvgIpc) is 2.50. The standard InChI is InChI=1S/C18H21F2N/c1-3-12(2)13-7-9-14(10-8-13)18(21)11-15-16(19)5-4-6-17(15)20/h4-10,12,18H,3,11,21H2,1-2H3. The second-order valence-corrected chi connectivity index (χ2v) is 5.49. The molecule has 0 bridgehead atoms. The fourth-order valence-electron chi connectivity index (χ4n) is 2.37. The van der Waals surface area contributed by atoms with E-state index in [0.717, 1.165) is 12.0 Å². The summed E-state index contributed by atoms with van der Waals surface area (Å²) in [6, 6.07) is 11.5. The fraction of sp³-hybridized carbons (Fsp3) is 0.333. The molecule has 0 aromatic heterocycles. The second kappa shape index (κ2) is 6.81. The van der Waals surface area contributed by atoms with E-state index < -0.39 is 17.7 Å². The van der Waals surface area contributed by atoms with Crippen LogP contribution >= 0.6 is 0 Å². The molecule has 0 amide bonds. The maximum Gasteiger partial charge on any atom is 0.129 e. The first kappa shape index (κ1) is 15.6. The molecule has 0 spiro atoms. The normalized spacial score (nSPS) is 14.0. The summed E-state index contributed by atoms with van der Waals surface area (Å²) in [6.07, 6.45) is 1.23. The average molecular weight is 289 g/mol. The summed E-state index contributed by atoms with van der Waals surface area (Å²) < 4.78 is 27.3. The minimum Gasteiger partial charge on any atom is -0.324 e. The van der Waals surface area contributed by atoms with Crippen molar-refractivity contribution in [3.8, 4) is 0 Å². The minimum atomic E-state index is -0.540. The molecule has 0 saturated carbocycles. The lowest BCUT2D eigenvalue weighted by molar-refractivity contribution is 0.540. The molecule has 3 heteroatoms. The van der Waals surface area contributed by atoms with Crippen molar-refractivity contribution in [3.05, 3.63) is 70.8 Å². The third kappa shape index (κ3) is 3.67. The topological polar surface area (TPSA) is 26.0 Å². The van der Waals surface area contributed by atoms with E-state index in [9.17, 15) is 8.78 Å². The van der Waals surface area contributed by atoms with Gasteiger partial charge < -0.3 is 5.73 Å². The van der Waals surface area contributed by atoms with Crippen molar-refractivity contribution in [1.29, 1.82) is 0 Å². The van der Waals surface area contributed by atoms with Crippen molar-refractivity contribution in [3.63, 3.8) is 0 Å². The smallest absolute Gasteiger partial charge is 0.129 e. The Labute approximate surface area is 124 Å². The van der Waals surface area contributed by atoms with Crippen LogP contribution in [0.5, 0.6) is 0 Å². The summed E-state index contributed by atoms with van der Waals surface area (Å²) >= 11 is 0. The van der Waals surface area contributed by atoms with E-state index in [1.165, 1.54) is 23.8 Å². The van der Waals surface area contributed by atoms with Gasteiger partial charge in [-0.15, -0.1) is 0 Å². The fourth-order valence-corrected chi connectivity index (χ4v) is 2.37. The SMILES string of the molecule is CCC(C)c1ccc(C(N)Cc2c(F)cccc2F)cc1. The molecule has 2 rings (SSSR count). The van der Waals surface area contributed by atoms with Crippen LogP contribution in [0.2, 0.25) is 0 Å². The van der Waals surface area contributed by atoms with Gasteiger partial charge in [0.2, 0.25) is 0 Å². The molecule has 0 aliphatic heterocycles. The number of hydrogen-bond acceptors (Lipinski definition) is 1. The molecular formula is C18H21F2N. The van der Waals surface area contributed by atoms with E-state index in [1.54, 1.807) is 0 Å². The maximum absolute atomic E-state index is 13.6. The molecule has 0 aliphatic carbocycles. The zero-order valence-electron chi connectivity index (χ0n) is 12.4. The summed E-state index contributed by atoms with van der Waals surface area (Å²) in [5.74, 6) is -0.581. The van der Waals surface area contributed by atoms with E-state index in [1.807, 2.05) is 24.3 Å². The van der Waals surface area contributed by atoms with Crippen molar-refractivity contribution in [2.75, 3.05) is 0 Å². The number of nitrogens with two attached hydrogens (primary N) is 1. The van der Waals surface area contributed by atoms with Gasteiger partial charge in [-0.25, -0.2) is 8.78 Å². The molecule has 1 nitrogen and oxygen atoms in total. The first-order valence-corrected chi connectivity index (χ1v) is 7.31. The summed E-state index contributed by atoms with van der Waals surface area (Å²) in [4.78, 5) is 0. The number of halogens is 2. The van der Waals surface area contributed by atoms with Crippen molar-refractivity contribution < 1.29 is 8.78 Å². The predicted octanol–water partition coefficient (Wildman–Crippen LogP) is 4.72. The molecular weight excluding hydrogens is 268 g/mol. The Bertz CT molecular complexity index is 572. The van der Waals surface area contributed by atoms with Gasteiger partial charge in [0.15, 0.2) is 0 Å². The lowest BCUT2D eigenvalue weighted by Gasteiger charge is -2.15. The Kier molecular flexibility index (Phi) is 5.07. The molecule has 21 heavy (non-hydrogen) atoms. The largest absolute Gasteiger partial charge is 0.324 e. The molecule has 0 saturated heterocycles. The van der Waals surface area contributed by atoms with E-state index in [2.05, 4.69) is 13.8 Å². The van der Waals surface area contributed by atoms with Gasteiger partial charge in [0.1, 0.15) is 11.6 Å². The van der Waals surface area contributed by atoms with Crippen molar-refractivity contribution in [2.24, 2.45) is 5.73 Å². The maximum atomic E-state index is 13.6. The Balaban J connectivity index is 2.15. The molecule has 0 radical (unpaired) electrons. The molecule has 2 aromatic rings. The Morgan fingerprint density at radius 3 is 2.00 bits per heavy atom. The van der Waals surface area contributed by atoms with E-state index >= 15 is 0 Å². The lowest BCUT2D eigenvalue weighted by atomic mass is 9.94. The van der Waals surface area contributed by atoms with Crippen molar-refractivity contribution in [1.82, 2.24) is 0 Å². The van der Waals surface area contributed by atoms with E-state index in [0.29, 0.717) is 5.92 Å². The van der Waals surface area contributed by atoms with Gasteiger partial charge in [0, 0.05) is 11.6 Å². The number of benzene rings is 2. The summed E-state index contributed by atoms with van der Waals surface area (Å²) in [5, 5.41) is 0. The molecule has 0 aliphatic rings. The molecule has 2 aromatic carbocycles. The van der Waals surface area contributed by atoms with Crippen LogP contribution < -0.4 is 5.73 Å². The number of rotatable bonds is 5. The van der Waals surface area contributed by atoms with Crippen LogP contribution in [0.25, 0.3) is 0 Å². The summed E-state index contributed by atoms with van der Waals surface area (Å²) in [5.41, 5.74) is 8.29. The van der Waals surface area contributed by atoms with Crippen LogP contribution in [0.3, 0.4) is 0 Å². The van der Waals surface area contributed by atoms with Crippen LogP contribution in [0.1, 0.15) is 48.9 Å². The van der Waals surface area contributed by atoms with Crippen LogP contribution in [-0.2, 0) is 6.42 Å². The van der Waals surface area contributed by atoms with Gasteiger partial charge in [-0.3, -0.25) is 0 Å². The summed E-state index contributed by atoms with van der Waals surface area (Å²) in [7, 11) is 0. The van der Waals surface area contributed by atoms with Gasteiger partial charge in [-0.1, -0.05) is 44.2 Å². The van der Waals surface area contributed by atoms with Gasteiger partial charge in [0.05, 0.1) is 0 Å². The van der Waals surface area contributed by atoms with Crippen LogP contribution in [0.15, 0.2) is 42.5 Å². The van der Waals surface area contributed by atoms with Crippen LogP contribution in [0.4, 0.5) is 8.78 Å². The zero-order chi connectivity index (χ0) is 15.4. The summed E-state index contributed by atoms with van der Waals surface area (Å²) in [6.45, 7) is 4.31. The third-order valence-corrected chi connectivity index (χ3v) is 4.03. The predicted molar refractivity (Wildman–Crippen MR) is 82.1 cm³/mol. The Morgan fingerprint density at radius 1 is 0.952 bits per heavy atom. The first-order chi connectivity index (χ1) is 10.0.